The summed E-state index contributed by atoms with van der Waals surface area (Å²) in [5.41, 5.74) is 3.74. The van der Waals surface area contributed by atoms with E-state index in [0.29, 0.717) is 16.5 Å². The standard InChI is InChI=1S/C23H24ClN3O2/c1-25-22-10-9-20(12-21(22)24)29-19-7-5-18(6-8-19)26-23(28)15-3-4-16-13-27(2)14-17(16)11-15/h3-4,9-12,18-19H,5-8,13-14H2,2H3,(H,26,28). The molecule has 0 bridgehead atoms. The molecule has 0 atom stereocenters. The Balaban J connectivity index is 1.29. The summed E-state index contributed by atoms with van der Waals surface area (Å²) in [6.45, 7) is 8.91. The largest absolute Gasteiger partial charge is 0.490 e. The number of amides is 1. The average Bonchev–Trinajstić information content (AvgIpc) is 3.09. The minimum absolute atomic E-state index is 0.00763. The maximum absolute atomic E-state index is 12.7. The topological polar surface area (TPSA) is 45.9 Å². The summed E-state index contributed by atoms with van der Waals surface area (Å²) >= 11 is 6.09. The lowest BCUT2D eigenvalue weighted by Gasteiger charge is -2.29. The Kier molecular flexibility index (Phi) is 5.75. The number of ether oxygens (including phenoxy) is 1. The molecule has 2 aromatic carbocycles. The van der Waals surface area contributed by atoms with Crippen LogP contribution in [0.25, 0.3) is 4.85 Å². The van der Waals surface area contributed by atoms with Gasteiger partial charge < -0.3 is 10.1 Å². The SMILES string of the molecule is [C-]#[N+]c1ccc(OC2CCC(NC(=O)c3ccc4c(c3)CN(C)C4)CC2)cc1Cl. The quantitative estimate of drug-likeness (QED) is 0.726. The third kappa shape index (κ3) is 4.55. The lowest BCUT2D eigenvalue weighted by atomic mass is 9.92. The lowest BCUT2D eigenvalue weighted by Crippen LogP contribution is -2.39. The average molecular weight is 410 g/mol. The first kappa shape index (κ1) is 19.8. The Morgan fingerprint density at radius 1 is 1.14 bits per heavy atom. The Morgan fingerprint density at radius 2 is 1.90 bits per heavy atom. The Bertz CT molecular complexity index is 961. The summed E-state index contributed by atoms with van der Waals surface area (Å²) in [5.74, 6) is 0.700. The molecule has 0 radical (unpaired) electrons. The van der Waals surface area contributed by atoms with Gasteiger partial charge in [0.05, 0.1) is 17.7 Å². The second-order valence-corrected chi connectivity index (χ2v) is 8.35. The van der Waals surface area contributed by atoms with Crippen molar-refractivity contribution in [1.82, 2.24) is 10.2 Å². The first-order valence-electron chi connectivity index (χ1n) is 9.96. The van der Waals surface area contributed by atoms with E-state index in [4.69, 9.17) is 22.9 Å². The van der Waals surface area contributed by atoms with E-state index in [1.807, 2.05) is 12.1 Å². The third-order valence-corrected chi connectivity index (χ3v) is 6.00. The van der Waals surface area contributed by atoms with E-state index in [2.05, 4.69) is 28.2 Å². The second kappa shape index (κ2) is 8.44. The third-order valence-electron chi connectivity index (χ3n) is 5.70. The predicted molar refractivity (Wildman–Crippen MR) is 113 cm³/mol. The van der Waals surface area contributed by atoms with Gasteiger partial charge in [0, 0.05) is 24.7 Å². The van der Waals surface area contributed by atoms with Crippen molar-refractivity contribution in [2.75, 3.05) is 7.05 Å². The van der Waals surface area contributed by atoms with E-state index >= 15 is 0 Å². The Morgan fingerprint density at radius 3 is 2.62 bits per heavy atom. The number of halogens is 1. The molecule has 1 fully saturated rings. The molecule has 1 aliphatic carbocycles. The molecule has 6 heteroatoms. The van der Waals surface area contributed by atoms with E-state index < -0.39 is 0 Å². The van der Waals surface area contributed by atoms with Crippen molar-refractivity contribution in [1.29, 1.82) is 0 Å². The van der Waals surface area contributed by atoms with Crippen LogP contribution in [-0.2, 0) is 13.1 Å². The molecular formula is C23H24ClN3O2. The van der Waals surface area contributed by atoms with Crippen molar-refractivity contribution < 1.29 is 9.53 Å². The number of fused-ring (bicyclic) bond motifs is 1. The van der Waals surface area contributed by atoms with Crippen molar-refractivity contribution in [3.63, 3.8) is 0 Å². The minimum Gasteiger partial charge on any atom is -0.490 e. The van der Waals surface area contributed by atoms with Crippen molar-refractivity contribution in [3.05, 3.63) is 69.5 Å². The molecule has 150 valence electrons. The van der Waals surface area contributed by atoms with Crippen LogP contribution in [0.15, 0.2) is 36.4 Å². The molecule has 2 aromatic rings. The van der Waals surface area contributed by atoms with Crippen LogP contribution < -0.4 is 10.1 Å². The summed E-state index contributed by atoms with van der Waals surface area (Å²) in [5, 5.41) is 3.60. The van der Waals surface area contributed by atoms with Crippen molar-refractivity contribution >= 4 is 23.2 Å². The normalized spacial score (nSPS) is 21.3. The molecule has 4 rings (SSSR count). The summed E-state index contributed by atoms with van der Waals surface area (Å²) in [7, 11) is 2.09. The first-order chi connectivity index (χ1) is 14.0. The Hall–Kier alpha value is -2.55. The van der Waals surface area contributed by atoms with Gasteiger partial charge in [-0.25, -0.2) is 4.85 Å². The van der Waals surface area contributed by atoms with E-state index in [0.717, 1.165) is 44.3 Å². The maximum Gasteiger partial charge on any atom is 0.251 e. The van der Waals surface area contributed by atoms with Crippen LogP contribution in [-0.4, -0.2) is 30.0 Å². The highest BCUT2D eigenvalue weighted by atomic mass is 35.5. The highest BCUT2D eigenvalue weighted by Crippen LogP contribution is 2.31. The zero-order valence-electron chi connectivity index (χ0n) is 16.5. The smallest absolute Gasteiger partial charge is 0.251 e. The summed E-state index contributed by atoms with van der Waals surface area (Å²) < 4.78 is 6.03. The Labute approximate surface area is 176 Å². The van der Waals surface area contributed by atoms with E-state index in [9.17, 15) is 4.79 Å². The van der Waals surface area contributed by atoms with Gasteiger partial charge in [-0.1, -0.05) is 23.7 Å². The van der Waals surface area contributed by atoms with Gasteiger partial charge in [-0.3, -0.25) is 9.69 Å². The zero-order chi connectivity index (χ0) is 20.4. The summed E-state index contributed by atoms with van der Waals surface area (Å²) in [4.78, 5) is 18.3. The van der Waals surface area contributed by atoms with E-state index in [1.165, 1.54) is 11.1 Å². The fourth-order valence-corrected chi connectivity index (χ4v) is 4.36. The fraction of sp³-hybridized carbons (Fsp3) is 0.391. The fourth-order valence-electron chi connectivity index (χ4n) is 4.14. The van der Waals surface area contributed by atoms with E-state index in [-0.39, 0.29) is 18.1 Å². The number of nitrogens with one attached hydrogen (secondary N) is 1. The van der Waals surface area contributed by atoms with Crippen LogP contribution in [0.4, 0.5) is 5.69 Å². The molecule has 0 spiro atoms. The van der Waals surface area contributed by atoms with Crippen LogP contribution in [0.2, 0.25) is 5.02 Å². The molecule has 5 nitrogen and oxygen atoms in total. The molecule has 29 heavy (non-hydrogen) atoms. The van der Waals surface area contributed by atoms with Gasteiger partial charge in [0.2, 0.25) is 5.69 Å². The molecule has 1 N–H and O–H groups in total. The predicted octanol–water partition coefficient (Wildman–Crippen LogP) is 4.96. The molecule has 1 saturated carbocycles. The number of nitrogens with zero attached hydrogens (tertiary/aromatic N) is 2. The monoisotopic (exact) mass is 409 g/mol. The number of benzene rings is 2. The van der Waals surface area contributed by atoms with E-state index in [1.54, 1.807) is 18.2 Å². The number of hydrogen-bond acceptors (Lipinski definition) is 3. The molecular weight excluding hydrogens is 386 g/mol. The highest BCUT2D eigenvalue weighted by Gasteiger charge is 2.25. The molecule has 1 aliphatic heterocycles. The molecule has 0 saturated heterocycles. The van der Waals surface area contributed by atoms with Gasteiger partial charge in [-0.15, -0.1) is 0 Å². The lowest BCUT2D eigenvalue weighted by molar-refractivity contribution is 0.0894. The van der Waals surface area contributed by atoms with Crippen LogP contribution in [0.1, 0.15) is 47.2 Å². The van der Waals surface area contributed by atoms with Crippen LogP contribution in [0.5, 0.6) is 5.75 Å². The van der Waals surface area contributed by atoms with Gasteiger partial charge in [0.15, 0.2) is 0 Å². The molecule has 1 amide bonds. The molecule has 0 aromatic heterocycles. The van der Waals surface area contributed by atoms with Gasteiger partial charge in [0.25, 0.3) is 5.91 Å². The number of carbonyl (C=O) groups is 1. The number of hydrogen-bond donors (Lipinski definition) is 1. The van der Waals surface area contributed by atoms with Gasteiger partial charge in [-0.05, 0) is 68.1 Å². The van der Waals surface area contributed by atoms with Gasteiger partial charge in [0.1, 0.15) is 5.75 Å². The highest BCUT2D eigenvalue weighted by molar-refractivity contribution is 6.33. The van der Waals surface area contributed by atoms with Crippen molar-refractivity contribution in [3.8, 4) is 5.75 Å². The molecule has 0 unspecified atom stereocenters. The second-order valence-electron chi connectivity index (χ2n) is 7.95. The molecule has 1 heterocycles. The molecule has 2 aliphatic rings. The first-order valence-corrected chi connectivity index (χ1v) is 10.3. The number of rotatable bonds is 4. The minimum atomic E-state index is 0.00763. The maximum atomic E-state index is 12.7. The van der Waals surface area contributed by atoms with Gasteiger partial charge in [-0.2, -0.15) is 0 Å². The summed E-state index contributed by atoms with van der Waals surface area (Å²) in [6, 6.07) is 11.4. The zero-order valence-corrected chi connectivity index (χ0v) is 17.2. The van der Waals surface area contributed by atoms with Crippen LogP contribution in [0.3, 0.4) is 0 Å². The number of carbonyl (C=O) groups excluding carboxylic acids is 1. The van der Waals surface area contributed by atoms with Crippen LogP contribution in [0, 0.1) is 6.57 Å². The van der Waals surface area contributed by atoms with Gasteiger partial charge >= 0.3 is 0 Å². The van der Waals surface area contributed by atoms with Crippen molar-refractivity contribution in [2.24, 2.45) is 0 Å². The summed E-state index contributed by atoms with van der Waals surface area (Å²) in [6.07, 6.45) is 3.63. The van der Waals surface area contributed by atoms with Crippen molar-refractivity contribution in [2.45, 2.75) is 50.9 Å². The van der Waals surface area contributed by atoms with Crippen LogP contribution >= 0.6 is 11.6 Å².